The van der Waals surface area contributed by atoms with Crippen molar-refractivity contribution in [1.82, 2.24) is 5.27 Å². The van der Waals surface area contributed by atoms with E-state index >= 15 is 0 Å². The fraction of sp³-hybridized carbons (Fsp3) is 0.571. The zero-order valence-corrected chi connectivity index (χ0v) is 7.72. The smallest absolute Gasteiger partial charge is 0.323 e. The third-order valence-corrected chi connectivity index (χ3v) is 1.38. The molecule has 0 aliphatic carbocycles. The number of ether oxygens (including phenoxy) is 1. The molecule has 0 saturated carbocycles. The largest absolute Gasteiger partial charge is 0.603 e. The van der Waals surface area contributed by atoms with Crippen molar-refractivity contribution < 1.29 is 19.0 Å². The average molecular weight is 185 g/mol. The first-order chi connectivity index (χ1) is 6.13. The van der Waals surface area contributed by atoms with Crippen LogP contribution in [0.3, 0.4) is 0 Å². The Morgan fingerprint density at radius 2 is 2.46 bits per heavy atom. The molecule has 13 heavy (non-hydrogen) atoms. The van der Waals surface area contributed by atoms with E-state index in [9.17, 15) is 5.11 Å². The monoisotopic (exact) mass is 185 g/mol. The van der Waals surface area contributed by atoms with Crippen molar-refractivity contribution in [3.63, 3.8) is 0 Å². The van der Waals surface area contributed by atoms with E-state index < -0.39 is 6.08 Å². The van der Waals surface area contributed by atoms with Gasteiger partial charge in [-0.1, -0.05) is 0 Å². The maximum absolute atomic E-state index is 10.7. The van der Waals surface area contributed by atoms with E-state index in [4.69, 9.17) is 4.52 Å². The van der Waals surface area contributed by atoms with Crippen molar-refractivity contribution in [1.29, 1.82) is 0 Å². The maximum Gasteiger partial charge on any atom is 0.323 e. The molecule has 1 aromatic rings. The van der Waals surface area contributed by atoms with E-state index in [1.807, 2.05) is 13.8 Å². The number of hydrogen-bond donors (Lipinski definition) is 0. The third-order valence-electron chi connectivity index (χ3n) is 1.38. The molecular weight excluding hydrogens is 174 g/mol. The summed E-state index contributed by atoms with van der Waals surface area (Å²) in [6.45, 7) is 3.87. The first kappa shape index (κ1) is 9.50. The van der Waals surface area contributed by atoms with Gasteiger partial charge in [0.05, 0.1) is 0 Å². The van der Waals surface area contributed by atoms with Gasteiger partial charge < -0.3 is 9.84 Å². The molecule has 0 saturated heterocycles. The minimum Gasteiger partial charge on any atom is -0.603 e. The molecule has 0 fully saturated rings. The molecule has 0 bridgehead atoms. The molecule has 0 aromatic carbocycles. The molecule has 0 spiro atoms. The van der Waals surface area contributed by atoms with Gasteiger partial charge in [-0.25, -0.2) is 0 Å². The lowest BCUT2D eigenvalue weighted by atomic mass is 10.4. The van der Waals surface area contributed by atoms with Crippen LogP contribution in [0.2, 0.25) is 0 Å². The number of nitrogens with zero attached hydrogens (tertiary/aromatic N) is 3. The standard InChI is InChI=1S/C7H11N3O3/c1-5(2)10-4-6(13-9-10)8-7(11)12-3/h4-5H,1-3H3. The van der Waals surface area contributed by atoms with Crippen LogP contribution >= 0.6 is 0 Å². The Bertz CT molecular complexity index is 306. The van der Waals surface area contributed by atoms with Gasteiger partial charge in [-0.2, -0.15) is 4.99 Å². The summed E-state index contributed by atoms with van der Waals surface area (Å²) in [5, 5.41) is 14.3. The molecule has 6 heteroatoms. The molecule has 1 heterocycles. The van der Waals surface area contributed by atoms with Gasteiger partial charge in [0.25, 0.3) is 6.20 Å². The lowest BCUT2D eigenvalue weighted by Gasteiger charge is -2.02. The lowest BCUT2D eigenvalue weighted by molar-refractivity contribution is -0.779. The highest BCUT2D eigenvalue weighted by Gasteiger charge is 2.13. The van der Waals surface area contributed by atoms with Gasteiger partial charge >= 0.3 is 5.88 Å². The SMILES string of the molecule is CO/C([O-])=N/c1c[n+](C(C)C)no1. The first-order valence-corrected chi connectivity index (χ1v) is 3.81. The van der Waals surface area contributed by atoms with Crippen molar-refractivity contribution in [2.24, 2.45) is 4.99 Å². The molecule has 0 atom stereocenters. The first-order valence-electron chi connectivity index (χ1n) is 3.81. The van der Waals surface area contributed by atoms with Crippen LogP contribution in [-0.2, 0) is 4.74 Å². The molecular formula is C7H11N3O3. The molecule has 0 aliphatic heterocycles. The molecule has 0 amide bonds. The van der Waals surface area contributed by atoms with Gasteiger partial charge in [-0.15, -0.1) is 0 Å². The topological polar surface area (TPSA) is 74.6 Å². The summed E-state index contributed by atoms with van der Waals surface area (Å²) in [5.41, 5.74) is 0. The van der Waals surface area contributed by atoms with Crippen molar-refractivity contribution in [2.75, 3.05) is 7.11 Å². The van der Waals surface area contributed by atoms with Crippen LogP contribution in [0.25, 0.3) is 0 Å². The van der Waals surface area contributed by atoms with Crippen LogP contribution in [0.1, 0.15) is 19.9 Å². The van der Waals surface area contributed by atoms with E-state index in [-0.39, 0.29) is 11.9 Å². The maximum atomic E-state index is 10.7. The number of aliphatic imine (C=N–C) groups is 1. The van der Waals surface area contributed by atoms with Gasteiger partial charge in [0, 0.05) is 0 Å². The second kappa shape index (κ2) is 3.88. The van der Waals surface area contributed by atoms with E-state index in [2.05, 4.69) is 15.0 Å². The second-order valence-corrected chi connectivity index (χ2v) is 2.70. The van der Waals surface area contributed by atoms with Crippen molar-refractivity contribution >= 4 is 12.0 Å². The normalized spacial score (nSPS) is 12.2. The molecule has 0 aliphatic rings. The van der Waals surface area contributed by atoms with Crippen LogP contribution in [0.15, 0.2) is 15.7 Å². The van der Waals surface area contributed by atoms with Crippen LogP contribution in [-0.4, -0.2) is 18.5 Å². The minimum atomic E-state index is -0.702. The summed E-state index contributed by atoms with van der Waals surface area (Å²) in [4.78, 5) is 3.47. The quantitative estimate of drug-likeness (QED) is 0.355. The molecule has 72 valence electrons. The highest BCUT2D eigenvalue weighted by atomic mass is 16.6. The number of hydrogen-bond acceptors (Lipinski definition) is 5. The van der Waals surface area contributed by atoms with Crippen molar-refractivity contribution in [3.05, 3.63) is 6.20 Å². The van der Waals surface area contributed by atoms with Gasteiger partial charge in [0.15, 0.2) is 12.1 Å². The van der Waals surface area contributed by atoms with E-state index in [1.54, 1.807) is 4.68 Å². The Morgan fingerprint density at radius 1 is 1.77 bits per heavy atom. The predicted molar refractivity (Wildman–Crippen MR) is 41.2 cm³/mol. The predicted octanol–water partition coefficient (Wildman–Crippen LogP) is -0.463. The number of aromatic nitrogens is 2. The van der Waals surface area contributed by atoms with Crippen LogP contribution in [0.4, 0.5) is 5.88 Å². The summed E-state index contributed by atoms with van der Waals surface area (Å²) in [6.07, 6.45) is 0.828. The van der Waals surface area contributed by atoms with Crippen molar-refractivity contribution in [3.8, 4) is 0 Å². The molecule has 1 rings (SSSR count). The Kier molecular flexibility index (Phi) is 2.84. The van der Waals surface area contributed by atoms with Crippen LogP contribution < -0.4 is 9.79 Å². The fourth-order valence-electron chi connectivity index (χ4n) is 0.678. The fourth-order valence-corrected chi connectivity index (χ4v) is 0.678. The Hall–Kier alpha value is -1.59. The summed E-state index contributed by atoms with van der Waals surface area (Å²) in [6, 6.07) is 0.172. The summed E-state index contributed by atoms with van der Waals surface area (Å²) in [7, 11) is 1.25. The summed E-state index contributed by atoms with van der Waals surface area (Å²) in [5.74, 6) is 0.139. The summed E-state index contributed by atoms with van der Waals surface area (Å²) < 4.78 is 10.6. The minimum absolute atomic E-state index is 0.139. The molecule has 0 unspecified atom stereocenters. The molecule has 1 aromatic heterocycles. The third kappa shape index (κ3) is 2.43. The zero-order chi connectivity index (χ0) is 9.84. The summed E-state index contributed by atoms with van der Waals surface area (Å²) >= 11 is 0. The highest BCUT2D eigenvalue weighted by molar-refractivity contribution is 5.64. The van der Waals surface area contributed by atoms with Gasteiger partial charge in [-0.3, -0.25) is 4.52 Å². The Balaban J connectivity index is 2.80. The average Bonchev–Trinajstić information content (AvgIpc) is 2.52. The van der Waals surface area contributed by atoms with Gasteiger partial charge in [-0.05, 0) is 25.6 Å². The van der Waals surface area contributed by atoms with Gasteiger partial charge in [0.1, 0.15) is 0 Å². The molecule has 6 nitrogen and oxygen atoms in total. The number of methoxy groups -OCH3 is 1. The lowest BCUT2D eigenvalue weighted by Crippen LogP contribution is -2.36. The van der Waals surface area contributed by atoms with Gasteiger partial charge in [0.2, 0.25) is 5.27 Å². The Labute approximate surface area is 75.4 Å². The zero-order valence-electron chi connectivity index (χ0n) is 7.72. The van der Waals surface area contributed by atoms with E-state index in [1.165, 1.54) is 13.3 Å². The Morgan fingerprint density at radius 3 is 2.92 bits per heavy atom. The van der Waals surface area contributed by atoms with Crippen LogP contribution in [0, 0.1) is 0 Å². The number of rotatable bonds is 2. The van der Waals surface area contributed by atoms with Crippen LogP contribution in [0.5, 0.6) is 0 Å². The highest BCUT2D eigenvalue weighted by Crippen LogP contribution is 2.06. The molecule has 0 radical (unpaired) electrons. The van der Waals surface area contributed by atoms with Crippen molar-refractivity contribution in [2.45, 2.75) is 19.9 Å². The van der Waals surface area contributed by atoms with E-state index in [0.717, 1.165) is 0 Å². The molecule has 0 N–H and O–H groups in total. The second-order valence-electron chi connectivity index (χ2n) is 2.70. The van der Waals surface area contributed by atoms with E-state index in [0.29, 0.717) is 0 Å².